The van der Waals surface area contributed by atoms with Crippen molar-refractivity contribution in [2.24, 2.45) is 0 Å². The molecule has 0 aliphatic rings. The number of hydrogen-bond donors (Lipinski definition) is 0. The van der Waals surface area contributed by atoms with E-state index in [1.54, 1.807) is 7.11 Å². The molecule has 0 N–H and O–H groups in total. The first-order valence-electron chi connectivity index (χ1n) is 3.98. The summed E-state index contributed by atoms with van der Waals surface area (Å²) in [6.45, 7) is 6.48. The summed E-state index contributed by atoms with van der Waals surface area (Å²) in [5, 5.41) is 0. The first kappa shape index (κ1) is 9.01. The molecule has 64 valence electrons. The topological polar surface area (TPSA) is 9.23 Å². The third-order valence-electron chi connectivity index (χ3n) is 1.71. The van der Waals surface area contributed by atoms with Crippen LogP contribution in [0.4, 0.5) is 0 Å². The van der Waals surface area contributed by atoms with Crippen molar-refractivity contribution in [2.45, 2.75) is 13.5 Å². The maximum Gasteiger partial charge on any atom is 0.0713 e. The number of methoxy groups -OCH3 is 1. The quantitative estimate of drug-likeness (QED) is 0.664. The van der Waals surface area contributed by atoms with Crippen LogP contribution in [-0.2, 0) is 11.3 Å². The summed E-state index contributed by atoms with van der Waals surface area (Å²) in [5.41, 5.74) is 3.61. The first-order valence-corrected chi connectivity index (χ1v) is 3.98. The monoisotopic (exact) mass is 162 g/mol. The number of aryl methyl sites for hydroxylation is 1. The Labute approximate surface area is 73.7 Å². The Morgan fingerprint density at radius 2 is 2.17 bits per heavy atom. The van der Waals surface area contributed by atoms with Crippen molar-refractivity contribution in [2.75, 3.05) is 7.11 Å². The van der Waals surface area contributed by atoms with Gasteiger partial charge in [0.05, 0.1) is 6.61 Å². The van der Waals surface area contributed by atoms with Gasteiger partial charge in [0.25, 0.3) is 0 Å². The third kappa shape index (κ3) is 2.21. The van der Waals surface area contributed by atoms with Crippen LogP contribution in [0.3, 0.4) is 0 Å². The fourth-order valence-electron chi connectivity index (χ4n) is 1.26. The van der Waals surface area contributed by atoms with Gasteiger partial charge in [0.2, 0.25) is 0 Å². The lowest BCUT2D eigenvalue weighted by Crippen LogP contribution is -1.89. The molecule has 1 heteroatoms. The summed E-state index contributed by atoms with van der Waals surface area (Å²) < 4.78 is 5.05. The number of ether oxygens (including phenoxy) is 1. The Bertz CT molecular complexity index is 276. The van der Waals surface area contributed by atoms with Gasteiger partial charge in [-0.15, -0.1) is 0 Å². The van der Waals surface area contributed by atoms with Crippen molar-refractivity contribution in [1.82, 2.24) is 0 Å². The van der Waals surface area contributed by atoms with Crippen LogP contribution in [0.5, 0.6) is 0 Å². The molecule has 0 saturated heterocycles. The van der Waals surface area contributed by atoms with Crippen LogP contribution < -0.4 is 0 Å². The van der Waals surface area contributed by atoms with E-state index in [4.69, 9.17) is 4.74 Å². The maximum atomic E-state index is 5.05. The standard InChI is InChI=1S/C11H14O/c1-4-10-5-9(2)6-11(7-10)8-12-3/h4-7H,1,8H2,2-3H3. The number of rotatable bonds is 3. The molecule has 0 fully saturated rings. The molecule has 0 saturated carbocycles. The zero-order chi connectivity index (χ0) is 8.97. The van der Waals surface area contributed by atoms with Crippen molar-refractivity contribution in [3.05, 3.63) is 41.5 Å². The van der Waals surface area contributed by atoms with Gasteiger partial charge < -0.3 is 4.74 Å². The Morgan fingerprint density at radius 1 is 1.42 bits per heavy atom. The zero-order valence-corrected chi connectivity index (χ0v) is 7.63. The SMILES string of the molecule is C=Cc1cc(C)cc(COC)c1. The van der Waals surface area contributed by atoms with Gasteiger partial charge in [0.1, 0.15) is 0 Å². The molecule has 1 nitrogen and oxygen atoms in total. The highest BCUT2D eigenvalue weighted by Crippen LogP contribution is 2.11. The average molecular weight is 162 g/mol. The maximum absolute atomic E-state index is 5.05. The second-order valence-corrected chi connectivity index (χ2v) is 2.89. The minimum Gasteiger partial charge on any atom is -0.380 e. The van der Waals surface area contributed by atoms with E-state index < -0.39 is 0 Å². The average Bonchev–Trinajstić information content (AvgIpc) is 2.04. The van der Waals surface area contributed by atoms with Crippen molar-refractivity contribution in [1.29, 1.82) is 0 Å². The summed E-state index contributed by atoms with van der Waals surface area (Å²) >= 11 is 0. The number of benzene rings is 1. The molecule has 0 aliphatic heterocycles. The summed E-state index contributed by atoms with van der Waals surface area (Å²) in [6, 6.07) is 6.31. The van der Waals surface area contributed by atoms with E-state index in [1.807, 2.05) is 6.08 Å². The molecule has 0 aliphatic carbocycles. The van der Waals surface area contributed by atoms with Crippen molar-refractivity contribution in [3.63, 3.8) is 0 Å². The number of hydrogen-bond acceptors (Lipinski definition) is 1. The summed E-state index contributed by atoms with van der Waals surface area (Å²) in [5.74, 6) is 0. The Balaban J connectivity index is 2.97. The smallest absolute Gasteiger partial charge is 0.0713 e. The Hall–Kier alpha value is -1.08. The van der Waals surface area contributed by atoms with Crippen molar-refractivity contribution >= 4 is 6.08 Å². The van der Waals surface area contributed by atoms with Crippen LogP contribution in [0.1, 0.15) is 16.7 Å². The molecule has 0 unspecified atom stereocenters. The lowest BCUT2D eigenvalue weighted by atomic mass is 10.1. The van der Waals surface area contributed by atoms with Crippen molar-refractivity contribution in [3.8, 4) is 0 Å². The molecular formula is C11H14O. The van der Waals surface area contributed by atoms with Gasteiger partial charge in [-0.2, -0.15) is 0 Å². The van der Waals surface area contributed by atoms with Crippen molar-refractivity contribution < 1.29 is 4.74 Å². The van der Waals surface area contributed by atoms with Gasteiger partial charge in [-0.1, -0.05) is 30.4 Å². The lowest BCUT2D eigenvalue weighted by molar-refractivity contribution is 0.185. The molecule has 0 amide bonds. The Morgan fingerprint density at radius 3 is 2.75 bits per heavy atom. The zero-order valence-electron chi connectivity index (χ0n) is 7.63. The van der Waals surface area contributed by atoms with Crippen LogP contribution >= 0.6 is 0 Å². The van der Waals surface area contributed by atoms with Crippen LogP contribution in [-0.4, -0.2) is 7.11 Å². The fraction of sp³-hybridized carbons (Fsp3) is 0.273. The molecule has 1 aromatic carbocycles. The highest BCUT2D eigenvalue weighted by Gasteiger charge is 1.94. The van der Waals surface area contributed by atoms with Gasteiger partial charge in [0, 0.05) is 7.11 Å². The van der Waals surface area contributed by atoms with Gasteiger partial charge in [-0.3, -0.25) is 0 Å². The predicted molar refractivity (Wildman–Crippen MR) is 52.0 cm³/mol. The molecule has 12 heavy (non-hydrogen) atoms. The normalized spacial score (nSPS) is 9.83. The summed E-state index contributed by atoms with van der Waals surface area (Å²) in [4.78, 5) is 0. The molecule has 0 bridgehead atoms. The molecule has 1 aromatic rings. The highest BCUT2D eigenvalue weighted by atomic mass is 16.5. The lowest BCUT2D eigenvalue weighted by Gasteiger charge is -2.03. The molecule has 0 atom stereocenters. The van der Waals surface area contributed by atoms with Gasteiger partial charge in [-0.05, 0) is 24.1 Å². The van der Waals surface area contributed by atoms with Crippen LogP contribution in [0.2, 0.25) is 0 Å². The van der Waals surface area contributed by atoms with Gasteiger partial charge in [-0.25, -0.2) is 0 Å². The van der Waals surface area contributed by atoms with E-state index in [-0.39, 0.29) is 0 Å². The molecule has 0 radical (unpaired) electrons. The van der Waals surface area contributed by atoms with E-state index in [9.17, 15) is 0 Å². The highest BCUT2D eigenvalue weighted by molar-refractivity contribution is 5.49. The van der Waals surface area contributed by atoms with E-state index in [1.165, 1.54) is 11.1 Å². The third-order valence-corrected chi connectivity index (χ3v) is 1.71. The predicted octanol–water partition coefficient (Wildman–Crippen LogP) is 2.78. The van der Waals surface area contributed by atoms with Crippen LogP contribution in [0, 0.1) is 6.92 Å². The molecule has 0 heterocycles. The summed E-state index contributed by atoms with van der Waals surface area (Å²) in [7, 11) is 1.70. The molecule has 1 rings (SSSR count). The largest absolute Gasteiger partial charge is 0.380 e. The van der Waals surface area contributed by atoms with E-state index in [0.717, 1.165) is 5.56 Å². The molecule has 0 aromatic heterocycles. The second-order valence-electron chi connectivity index (χ2n) is 2.89. The first-order chi connectivity index (χ1) is 5.76. The molecular weight excluding hydrogens is 148 g/mol. The van der Waals surface area contributed by atoms with Crippen LogP contribution in [0.15, 0.2) is 24.8 Å². The van der Waals surface area contributed by atoms with E-state index >= 15 is 0 Å². The van der Waals surface area contributed by atoms with E-state index in [0.29, 0.717) is 6.61 Å². The fourth-order valence-corrected chi connectivity index (χ4v) is 1.26. The van der Waals surface area contributed by atoms with Crippen LogP contribution in [0.25, 0.3) is 6.08 Å². The van der Waals surface area contributed by atoms with Gasteiger partial charge >= 0.3 is 0 Å². The second kappa shape index (κ2) is 4.07. The summed E-state index contributed by atoms with van der Waals surface area (Å²) in [6.07, 6.45) is 1.85. The Kier molecular flexibility index (Phi) is 3.06. The van der Waals surface area contributed by atoms with Gasteiger partial charge in [0.15, 0.2) is 0 Å². The van der Waals surface area contributed by atoms with E-state index in [2.05, 4.69) is 31.7 Å². The minimum atomic E-state index is 0.669. The minimum absolute atomic E-state index is 0.669. The molecule has 0 spiro atoms.